The molecule has 3 nitrogen and oxygen atoms in total. The summed E-state index contributed by atoms with van der Waals surface area (Å²) in [6.07, 6.45) is 3.30. The van der Waals surface area contributed by atoms with Gasteiger partial charge >= 0.3 is 0 Å². The molecule has 14 heavy (non-hydrogen) atoms. The Morgan fingerprint density at radius 2 is 2.21 bits per heavy atom. The summed E-state index contributed by atoms with van der Waals surface area (Å²) in [6.45, 7) is 4.16. The highest BCUT2D eigenvalue weighted by Crippen LogP contribution is 2.14. The number of rotatable bonds is 1. The maximum atomic E-state index is 11.4. The molecule has 0 aliphatic rings. The number of nitrogens with one attached hydrogen (secondary N) is 1. The molecule has 2 heterocycles. The van der Waals surface area contributed by atoms with Gasteiger partial charge in [0.25, 0.3) is 0 Å². The lowest BCUT2D eigenvalue weighted by Gasteiger charge is -2.04. The highest BCUT2D eigenvalue weighted by molar-refractivity contribution is 5.77. The van der Waals surface area contributed by atoms with Crippen LogP contribution in [-0.4, -0.2) is 9.97 Å². The van der Waals surface area contributed by atoms with Gasteiger partial charge in [-0.05, 0) is 12.0 Å². The molecule has 72 valence electrons. The van der Waals surface area contributed by atoms with E-state index in [4.69, 9.17) is 0 Å². The van der Waals surface area contributed by atoms with E-state index in [1.165, 1.54) is 6.07 Å². The molecule has 0 radical (unpaired) electrons. The molecule has 0 spiro atoms. The lowest BCUT2D eigenvalue weighted by molar-refractivity contribution is 0.825. The Labute approximate surface area is 81.8 Å². The summed E-state index contributed by atoms with van der Waals surface area (Å²) in [7, 11) is 0. The van der Waals surface area contributed by atoms with Crippen molar-refractivity contribution in [3.63, 3.8) is 0 Å². The van der Waals surface area contributed by atoms with E-state index in [0.29, 0.717) is 11.3 Å². The van der Waals surface area contributed by atoms with Crippen molar-refractivity contribution in [2.24, 2.45) is 0 Å². The SMILES string of the molecule is CC(C)c1cc2[nH]ccc(=O)c2cn1. The molecule has 2 aromatic rings. The molecule has 2 aromatic heterocycles. The molecule has 0 atom stereocenters. The van der Waals surface area contributed by atoms with E-state index in [9.17, 15) is 4.79 Å². The zero-order valence-corrected chi connectivity index (χ0v) is 8.24. The van der Waals surface area contributed by atoms with Crippen LogP contribution in [0, 0.1) is 0 Å². The first kappa shape index (κ1) is 8.94. The highest BCUT2D eigenvalue weighted by atomic mass is 16.1. The molecule has 0 bridgehead atoms. The predicted octanol–water partition coefficient (Wildman–Crippen LogP) is 2.05. The average molecular weight is 188 g/mol. The first-order chi connectivity index (χ1) is 6.68. The van der Waals surface area contributed by atoms with Gasteiger partial charge < -0.3 is 4.98 Å². The topological polar surface area (TPSA) is 45.8 Å². The molecule has 0 saturated heterocycles. The standard InChI is InChI=1S/C11H12N2O/c1-7(2)9-5-10-8(6-13-9)11(14)3-4-12-10/h3-7H,1-2H3,(H,12,14). The number of hydrogen-bond donors (Lipinski definition) is 1. The second-order valence-electron chi connectivity index (χ2n) is 3.65. The predicted molar refractivity (Wildman–Crippen MR) is 56.5 cm³/mol. The van der Waals surface area contributed by atoms with Crippen molar-refractivity contribution < 1.29 is 0 Å². The number of aromatic amines is 1. The van der Waals surface area contributed by atoms with E-state index in [-0.39, 0.29) is 5.43 Å². The van der Waals surface area contributed by atoms with Crippen LogP contribution in [0.1, 0.15) is 25.5 Å². The van der Waals surface area contributed by atoms with E-state index in [1.807, 2.05) is 6.07 Å². The maximum Gasteiger partial charge on any atom is 0.190 e. The summed E-state index contributed by atoms with van der Waals surface area (Å²) in [5.41, 5.74) is 1.87. The molecule has 0 amide bonds. The van der Waals surface area contributed by atoms with E-state index in [1.54, 1.807) is 12.4 Å². The lowest BCUT2D eigenvalue weighted by atomic mass is 10.1. The maximum absolute atomic E-state index is 11.4. The van der Waals surface area contributed by atoms with Gasteiger partial charge in [0.2, 0.25) is 0 Å². The minimum Gasteiger partial charge on any atom is -0.361 e. The number of H-pyrrole nitrogens is 1. The van der Waals surface area contributed by atoms with Crippen LogP contribution in [-0.2, 0) is 0 Å². The third-order valence-electron chi connectivity index (χ3n) is 2.26. The molecule has 2 rings (SSSR count). The minimum atomic E-state index is 0.0153. The van der Waals surface area contributed by atoms with E-state index >= 15 is 0 Å². The largest absolute Gasteiger partial charge is 0.361 e. The molecule has 0 aromatic carbocycles. The number of fused-ring (bicyclic) bond motifs is 1. The molecule has 1 N–H and O–H groups in total. The molecular weight excluding hydrogens is 176 g/mol. The van der Waals surface area contributed by atoms with Crippen molar-refractivity contribution in [2.45, 2.75) is 19.8 Å². The van der Waals surface area contributed by atoms with Crippen LogP contribution in [0.4, 0.5) is 0 Å². The van der Waals surface area contributed by atoms with Crippen LogP contribution in [0.25, 0.3) is 10.9 Å². The fourth-order valence-electron chi connectivity index (χ4n) is 1.40. The number of pyridine rings is 2. The smallest absolute Gasteiger partial charge is 0.190 e. The Balaban J connectivity index is 2.74. The van der Waals surface area contributed by atoms with Crippen LogP contribution in [0.3, 0.4) is 0 Å². The van der Waals surface area contributed by atoms with Crippen LogP contribution >= 0.6 is 0 Å². The van der Waals surface area contributed by atoms with E-state index < -0.39 is 0 Å². The summed E-state index contributed by atoms with van der Waals surface area (Å²) in [5, 5.41) is 0.650. The summed E-state index contributed by atoms with van der Waals surface area (Å²) in [5.74, 6) is 0.378. The molecular formula is C11H12N2O. The zero-order valence-electron chi connectivity index (χ0n) is 8.24. The Morgan fingerprint density at radius 1 is 1.43 bits per heavy atom. The van der Waals surface area contributed by atoms with E-state index in [2.05, 4.69) is 23.8 Å². The molecule has 3 heteroatoms. The normalized spacial score (nSPS) is 11.1. The average Bonchev–Trinajstić information content (AvgIpc) is 2.17. The fourth-order valence-corrected chi connectivity index (χ4v) is 1.40. The fraction of sp³-hybridized carbons (Fsp3) is 0.273. The first-order valence-corrected chi connectivity index (χ1v) is 4.66. The van der Waals surface area contributed by atoms with Gasteiger partial charge in [-0.15, -0.1) is 0 Å². The van der Waals surface area contributed by atoms with Gasteiger partial charge in [0.15, 0.2) is 5.43 Å². The number of aromatic nitrogens is 2. The first-order valence-electron chi connectivity index (χ1n) is 4.66. The quantitative estimate of drug-likeness (QED) is 0.744. The van der Waals surface area contributed by atoms with Crippen molar-refractivity contribution in [1.29, 1.82) is 0 Å². The van der Waals surface area contributed by atoms with Gasteiger partial charge in [0.1, 0.15) is 0 Å². The van der Waals surface area contributed by atoms with Crippen LogP contribution < -0.4 is 5.43 Å². The Bertz CT molecular complexity index is 514. The molecule has 0 aliphatic carbocycles. The van der Waals surface area contributed by atoms with Crippen LogP contribution in [0.15, 0.2) is 29.3 Å². The zero-order chi connectivity index (χ0) is 10.1. The third kappa shape index (κ3) is 1.41. The summed E-state index contributed by atoms with van der Waals surface area (Å²) in [6, 6.07) is 3.44. The van der Waals surface area contributed by atoms with Crippen molar-refractivity contribution in [1.82, 2.24) is 9.97 Å². The van der Waals surface area contributed by atoms with Crippen molar-refractivity contribution >= 4 is 10.9 Å². The lowest BCUT2D eigenvalue weighted by Crippen LogP contribution is -2.02. The van der Waals surface area contributed by atoms with Gasteiger partial charge in [-0.2, -0.15) is 0 Å². The molecule has 0 fully saturated rings. The Morgan fingerprint density at radius 3 is 2.93 bits per heavy atom. The van der Waals surface area contributed by atoms with Gasteiger partial charge in [-0.1, -0.05) is 13.8 Å². The molecule has 0 unspecified atom stereocenters. The van der Waals surface area contributed by atoms with Crippen LogP contribution in [0.2, 0.25) is 0 Å². The second-order valence-corrected chi connectivity index (χ2v) is 3.65. The van der Waals surface area contributed by atoms with E-state index in [0.717, 1.165) is 11.2 Å². The van der Waals surface area contributed by atoms with Gasteiger partial charge in [0, 0.05) is 24.2 Å². The van der Waals surface area contributed by atoms with Crippen molar-refractivity contribution in [2.75, 3.05) is 0 Å². The monoisotopic (exact) mass is 188 g/mol. The number of nitrogens with zero attached hydrogens (tertiary/aromatic N) is 1. The second kappa shape index (κ2) is 3.25. The molecule has 0 saturated carbocycles. The summed E-state index contributed by atoms with van der Waals surface area (Å²) >= 11 is 0. The highest BCUT2D eigenvalue weighted by Gasteiger charge is 2.03. The Hall–Kier alpha value is -1.64. The summed E-state index contributed by atoms with van der Waals surface area (Å²) < 4.78 is 0. The minimum absolute atomic E-state index is 0.0153. The van der Waals surface area contributed by atoms with Gasteiger partial charge in [0.05, 0.1) is 10.9 Å². The third-order valence-corrected chi connectivity index (χ3v) is 2.26. The number of hydrogen-bond acceptors (Lipinski definition) is 2. The van der Waals surface area contributed by atoms with Gasteiger partial charge in [-0.25, -0.2) is 0 Å². The van der Waals surface area contributed by atoms with Crippen LogP contribution in [0.5, 0.6) is 0 Å². The van der Waals surface area contributed by atoms with Crippen molar-refractivity contribution in [3.05, 3.63) is 40.4 Å². The Kier molecular flexibility index (Phi) is 2.08. The summed E-state index contributed by atoms with van der Waals surface area (Å²) in [4.78, 5) is 18.7. The van der Waals surface area contributed by atoms with Gasteiger partial charge in [-0.3, -0.25) is 9.78 Å². The van der Waals surface area contributed by atoms with Crippen molar-refractivity contribution in [3.8, 4) is 0 Å². The molecule has 0 aliphatic heterocycles.